The maximum atomic E-state index is 12.6. The molecule has 0 aliphatic carbocycles. The smallest absolute Gasteiger partial charge is 0.233 e. The topological polar surface area (TPSA) is 60.5 Å². The summed E-state index contributed by atoms with van der Waals surface area (Å²) < 4.78 is 12.2. The zero-order valence-electron chi connectivity index (χ0n) is 13.8. The van der Waals surface area contributed by atoms with Crippen LogP contribution in [0.5, 0.6) is 11.5 Å². The molecule has 2 aromatic carbocycles. The van der Waals surface area contributed by atoms with Crippen molar-refractivity contribution >= 4 is 32.6 Å². The van der Waals surface area contributed by atoms with E-state index in [1.165, 1.54) is 11.3 Å². The fraction of sp³-hybridized carbons (Fsp3) is 0.263. The van der Waals surface area contributed by atoms with E-state index in [4.69, 9.17) is 9.47 Å². The van der Waals surface area contributed by atoms with Gasteiger partial charge < -0.3 is 14.8 Å². The third kappa shape index (κ3) is 3.30. The molecule has 0 saturated heterocycles. The van der Waals surface area contributed by atoms with E-state index in [1.807, 2.05) is 49.4 Å². The second-order valence-electron chi connectivity index (χ2n) is 5.89. The lowest BCUT2D eigenvalue weighted by molar-refractivity contribution is -0.121. The average molecular weight is 354 g/mol. The molecule has 128 valence electrons. The number of carbonyl (C=O) groups is 1. The zero-order chi connectivity index (χ0) is 17.2. The molecule has 0 bridgehead atoms. The summed E-state index contributed by atoms with van der Waals surface area (Å²) in [6.45, 7) is 2.96. The first-order valence-corrected chi connectivity index (χ1v) is 9.09. The molecule has 25 heavy (non-hydrogen) atoms. The molecule has 0 spiro atoms. The van der Waals surface area contributed by atoms with Crippen molar-refractivity contribution in [3.05, 3.63) is 48.0 Å². The minimum absolute atomic E-state index is 0.0569. The van der Waals surface area contributed by atoms with Crippen LogP contribution < -0.4 is 14.8 Å². The van der Waals surface area contributed by atoms with Crippen LogP contribution in [0.25, 0.3) is 10.2 Å². The molecule has 1 aliphatic rings. The van der Waals surface area contributed by atoms with E-state index in [1.54, 1.807) is 0 Å². The Morgan fingerprint density at radius 2 is 2.24 bits per heavy atom. The summed E-state index contributed by atoms with van der Waals surface area (Å²) in [6.07, 6.45) is 0.682. The van der Waals surface area contributed by atoms with Gasteiger partial charge >= 0.3 is 0 Å². The minimum Gasteiger partial charge on any atom is -0.494 e. The Kier molecular flexibility index (Phi) is 4.28. The normalized spacial score (nSPS) is 16.1. The van der Waals surface area contributed by atoms with E-state index in [0.29, 0.717) is 24.8 Å². The van der Waals surface area contributed by atoms with Gasteiger partial charge in [0.25, 0.3) is 0 Å². The van der Waals surface area contributed by atoms with Crippen LogP contribution in [-0.2, 0) is 11.2 Å². The number of anilines is 1. The number of rotatable bonds is 4. The minimum atomic E-state index is -0.208. The van der Waals surface area contributed by atoms with Crippen LogP contribution in [0.2, 0.25) is 0 Å². The summed E-state index contributed by atoms with van der Waals surface area (Å²) in [6, 6.07) is 13.6. The van der Waals surface area contributed by atoms with Gasteiger partial charge in [-0.2, -0.15) is 0 Å². The van der Waals surface area contributed by atoms with Crippen molar-refractivity contribution in [3.8, 4) is 11.5 Å². The fourth-order valence-electron chi connectivity index (χ4n) is 2.92. The van der Waals surface area contributed by atoms with Crippen molar-refractivity contribution < 1.29 is 14.3 Å². The van der Waals surface area contributed by atoms with Gasteiger partial charge in [-0.1, -0.05) is 29.5 Å². The highest BCUT2D eigenvalue weighted by molar-refractivity contribution is 7.22. The van der Waals surface area contributed by atoms with Crippen LogP contribution in [0.15, 0.2) is 42.5 Å². The Bertz CT molecular complexity index is 922. The Balaban J connectivity index is 1.48. The number of hydrogen-bond donors (Lipinski definition) is 1. The molecular weight excluding hydrogens is 336 g/mol. The third-order valence-corrected chi connectivity index (χ3v) is 5.08. The Hall–Kier alpha value is -2.60. The number of aromatic nitrogens is 1. The molecule has 1 aliphatic heterocycles. The van der Waals surface area contributed by atoms with Crippen molar-refractivity contribution in [1.82, 2.24) is 4.98 Å². The zero-order valence-corrected chi connectivity index (χ0v) is 14.6. The molecule has 1 aromatic heterocycles. The SMILES string of the molecule is CCOc1ccc2nc(NC(=O)C3COc4ccccc4C3)sc2c1. The lowest BCUT2D eigenvalue weighted by atomic mass is 9.96. The number of benzene rings is 2. The van der Waals surface area contributed by atoms with Crippen molar-refractivity contribution in [1.29, 1.82) is 0 Å². The molecule has 0 saturated carbocycles. The molecule has 4 rings (SSSR count). The summed E-state index contributed by atoms with van der Waals surface area (Å²) in [5, 5.41) is 3.54. The highest BCUT2D eigenvalue weighted by Crippen LogP contribution is 2.31. The third-order valence-electron chi connectivity index (χ3n) is 4.15. The molecule has 5 nitrogen and oxygen atoms in total. The van der Waals surface area contributed by atoms with E-state index >= 15 is 0 Å². The highest BCUT2D eigenvalue weighted by Gasteiger charge is 2.26. The van der Waals surface area contributed by atoms with Crippen molar-refractivity contribution in [3.63, 3.8) is 0 Å². The molecule has 1 N–H and O–H groups in total. The van der Waals surface area contributed by atoms with E-state index in [-0.39, 0.29) is 11.8 Å². The van der Waals surface area contributed by atoms with Crippen LogP contribution >= 0.6 is 11.3 Å². The summed E-state index contributed by atoms with van der Waals surface area (Å²) in [5.41, 5.74) is 1.92. The largest absolute Gasteiger partial charge is 0.494 e. The fourth-order valence-corrected chi connectivity index (χ4v) is 3.82. The number of amides is 1. The van der Waals surface area contributed by atoms with Gasteiger partial charge in [0, 0.05) is 0 Å². The summed E-state index contributed by atoms with van der Waals surface area (Å²) in [5.74, 6) is 1.42. The lowest BCUT2D eigenvalue weighted by Gasteiger charge is -2.24. The van der Waals surface area contributed by atoms with Gasteiger partial charge in [0.1, 0.15) is 18.1 Å². The van der Waals surface area contributed by atoms with Gasteiger partial charge in [-0.25, -0.2) is 4.98 Å². The number of carbonyl (C=O) groups excluding carboxylic acids is 1. The molecule has 0 fully saturated rings. The highest BCUT2D eigenvalue weighted by atomic mass is 32.1. The van der Waals surface area contributed by atoms with Crippen LogP contribution in [0.3, 0.4) is 0 Å². The number of thiazole rings is 1. The van der Waals surface area contributed by atoms with E-state index < -0.39 is 0 Å². The monoisotopic (exact) mass is 354 g/mol. The molecule has 0 radical (unpaired) electrons. The first-order chi connectivity index (χ1) is 12.2. The van der Waals surface area contributed by atoms with Crippen molar-refractivity contribution in [2.75, 3.05) is 18.5 Å². The summed E-state index contributed by atoms with van der Waals surface area (Å²) in [4.78, 5) is 17.1. The Morgan fingerprint density at radius 3 is 3.12 bits per heavy atom. The molecule has 3 aromatic rings. The number of hydrogen-bond acceptors (Lipinski definition) is 5. The van der Waals surface area contributed by atoms with Gasteiger partial charge in [0.15, 0.2) is 5.13 Å². The number of nitrogens with zero attached hydrogens (tertiary/aromatic N) is 1. The van der Waals surface area contributed by atoms with Gasteiger partial charge in [-0.15, -0.1) is 0 Å². The Morgan fingerprint density at radius 1 is 1.36 bits per heavy atom. The first-order valence-electron chi connectivity index (χ1n) is 8.28. The van der Waals surface area contributed by atoms with Gasteiger partial charge in [-0.3, -0.25) is 4.79 Å². The number of nitrogens with one attached hydrogen (secondary N) is 1. The molecule has 6 heteroatoms. The predicted molar refractivity (Wildman–Crippen MR) is 98.5 cm³/mol. The molecule has 2 heterocycles. The van der Waals surface area contributed by atoms with Gasteiger partial charge in [-0.05, 0) is 43.2 Å². The number of fused-ring (bicyclic) bond motifs is 2. The van der Waals surface area contributed by atoms with Crippen LogP contribution in [0, 0.1) is 5.92 Å². The van der Waals surface area contributed by atoms with Crippen molar-refractivity contribution in [2.24, 2.45) is 5.92 Å². The molecule has 1 unspecified atom stereocenters. The second kappa shape index (κ2) is 6.72. The summed E-state index contributed by atoms with van der Waals surface area (Å²) >= 11 is 1.45. The lowest BCUT2D eigenvalue weighted by Crippen LogP contribution is -2.32. The van der Waals surface area contributed by atoms with Crippen LogP contribution in [0.4, 0.5) is 5.13 Å². The van der Waals surface area contributed by atoms with Crippen LogP contribution in [0.1, 0.15) is 12.5 Å². The quantitative estimate of drug-likeness (QED) is 0.772. The predicted octanol–water partition coefficient (Wildman–Crippen LogP) is 3.88. The van der Waals surface area contributed by atoms with E-state index in [9.17, 15) is 4.79 Å². The Labute approximate surface area is 149 Å². The number of ether oxygens (including phenoxy) is 2. The molecular formula is C19H18N2O3S. The van der Waals surface area contributed by atoms with Gasteiger partial charge in [0.05, 0.1) is 22.7 Å². The number of para-hydroxylation sites is 1. The van der Waals surface area contributed by atoms with Gasteiger partial charge in [0.2, 0.25) is 5.91 Å². The molecule has 1 amide bonds. The second-order valence-corrected chi connectivity index (χ2v) is 6.92. The maximum Gasteiger partial charge on any atom is 0.233 e. The molecule has 1 atom stereocenters. The maximum absolute atomic E-state index is 12.6. The van der Waals surface area contributed by atoms with E-state index in [2.05, 4.69) is 10.3 Å². The van der Waals surface area contributed by atoms with Crippen molar-refractivity contribution in [2.45, 2.75) is 13.3 Å². The first kappa shape index (κ1) is 15.9. The summed E-state index contributed by atoms with van der Waals surface area (Å²) in [7, 11) is 0. The van der Waals surface area contributed by atoms with Crippen LogP contribution in [-0.4, -0.2) is 24.1 Å². The standard InChI is InChI=1S/C19H18N2O3S/c1-2-23-14-7-8-15-17(10-14)25-19(20-15)21-18(22)13-9-12-5-3-4-6-16(12)24-11-13/h3-8,10,13H,2,9,11H2,1H3,(H,20,21,22). The average Bonchev–Trinajstić information content (AvgIpc) is 3.03. The van der Waals surface area contributed by atoms with E-state index in [0.717, 1.165) is 27.3 Å².